The summed E-state index contributed by atoms with van der Waals surface area (Å²) in [7, 11) is 0. The van der Waals surface area contributed by atoms with Crippen LogP contribution < -0.4 is 10.1 Å². The van der Waals surface area contributed by atoms with Crippen molar-refractivity contribution in [3.63, 3.8) is 0 Å². The minimum atomic E-state index is 0.00500. The molecule has 1 aromatic heterocycles. The molecule has 4 rings (SSSR count). The van der Waals surface area contributed by atoms with E-state index in [2.05, 4.69) is 17.4 Å². The average molecular weight is 323 g/mol. The second kappa shape index (κ2) is 5.70. The average Bonchev–Trinajstić information content (AvgIpc) is 2.93. The number of carbonyl (C=O) groups excluding carboxylic acids is 1. The van der Waals surface area contributed by atoms with E-state index in [4.69, 9.17) is 4.74 Å². The molecule has 1 atom stereocenters. The molecule has 23 heavy (non-hydrogen) atoms. The van der Waals surface area contributed by atoms with Gasteiger partial charge < -0.3 is 10.1 Å². The molecule has 1 aliphatic heterocycles. The number of para-hydroxylation sites is 1. The lowest BCUT2D eigenvalue weighted by Crippen LogP contribution is -2.32. The smallest absolute Gasteiger partial charge is 0.262 e. The molecule has 0 aliphatic carbocycles. The van der Waals surface area contributed by atoms with Gasteiger partial charge in [0, 0.05) is 16.7 Å². The Morgan fingerprint density at radius 1 is 1.17 bits per heavy atom. The van der Waals surface area contributed by atoms with Gasteiger partial charge in [-0.05, 0) is 30.0 Å². The summed E-state index contributed by atoms with van der Waals surface area (Å²) < 4.78 is 6.82. The molecule has 0 saturated carbocycles. The van der Waals surface area contributed by atoms with E-state index in [1.807, 2.05) is 43.3 Å². The summed E-state index contributed by atoms with van der Waals surface area (Å²) in [4.78, 5) is 13.6. The predicted octanol–water partition coefficient (Wildman–Crippen LogP) is 4.46. The van der Waals surface area contributed by atoms with Crippen LogP contribution in [0.4, 0.5) is 0 Å². The van der Waals surface area contributed by atoms with Gasteiger partial charge >= 0.3 is 0 Å². The summed E-state index contributed by atoms with van der Waals surface area (Å²) in [6.45, 7) is 2.65. The van der Waals surface area contributed by atoms with Crippen molar-refractivity contribution in [3.05, 3.63) is 64.5 Å². The van der Waals surface area contributed by atoms with Crippen molar-refractivity contribution < 1.29 is 9.53 Å². The highest BCUT2D eigenvalue weighted by molar-refractivity contribution is 7.21. The maximum atomic E-state index is 12.8. The molecule has 1 N–H and O–H groups in total. The minimum absolute atomic E-state index is 0.00500. The number of hydrogen-bond donors (Lipinski definition) is 1. The van der Waals surface area contributed by atoms with Crippen molar-refractivity contribution in [1.82, 2.24) is 5.32 Å². The third-order valence-electron chi connectivity index (χ3n) is 4.31. The van der Waals surface area contributed by atoms with E-state index < -0.39 is 0 Å². The van der Waals surface area contributed by atoms with Crippen molar-refractivity contribution in [1.29, 1.82) is 0 Å². The maximum Gasteiger partial charge on any atom is 0.262 e. The van der Waals surface area contributed by atoms with E-state index in [-0.39, 0.29) is 11.9 Å². The van der Waals surface area contributed by atoms with Crippen LogP contribution in [-0.4, -0.2) is 12.5 Å². The third kappa shape index (κ3) is 2.49. The molecular formula is C19H17NO2S. The Bertz CT molecular complexity index is 884. The molecule has 0 bridgehead atoms. The number of amides is 1. The predicted molar refractivity (Wildman–Crippen MR) is 93.3 cm³/mol. The lowest BCUT2D eigenvalue weighted by Gasteiger charge is -2.26. The lowest BCUT2D eigenvalue weighted by atomic mass is 10.0. The van der Waals surface area contributed by atoms with Crippen molar-refractivity contribution in [2.24, 2.45) is 0 Å². The number of hydrogen-bond acceptors (Lipinski definition) is 3. The quantitative estimate of drug-likeness (QED) is 0.756. The first-order chi connectivity index (χ1) is 11.2. The normalized spacial score (nSPS) is 16.7. The van der Waals surface area contributed by atoms with Gasteiger partial charge in [-0.3, -0.25) is 4.79 Å². The molecule has 116 valence electrons. The van der Waals surface area contributed by atoms with Crippen molar-refractivity contribution in [2.45, 2.75) is 19.4 Å². The summed E-state index contributed by atoms with van der Waals surface area (Å²) in [5, 5.41) is 4.35. The van der Waals surface area contributed by atoms with E-state index in [1.54, 1.807) is 11.3 Å². The van der Waals surface area contributed by atoms with E-state index >= 15 is 0 Å². The highest BCUT2D eigenvalue weighted by atomic mass is 32.1. The SMILES string of the molecule is Cc1c(C(=O)N[C@@H]2CCOc3ccccc32)sc2ccccc12. The second-order valence-electron chi connectivity index (χ2n) is 5.75. The molecule has 0 saturated heterocycles. The number of carbonyl (C=O) groups is 1. The Morgan fingerprint density at radius 3 is 2.83 bits per heavy atom. The molecule has 2 heterocycles. The van der Waals surface area contributed by atoms with Crippen molar-refractivity contribution in [3.8, 4) is 5.75 Å². The van der Waals surface area contributed by atoms with E-state index in [1.165, 1.54) is 0 Å². The van der Waals surface area contributed by atoms with Gasteiger partial charge in [0.25, 0.3) is 5.91 Å². The Labute approximate surface area is 138 Å². The lowest BCUT2D eigenvalue weighted by molar-refractivity contribution is 0.0928. The minimum Gasteiger partial charge on any atom is -0.493 e. The Kier molecular flexibility index (Phi) is 3.54. The van der Waals surface area contributed by atoms with Gasteiger partial charge in [0.2, 0.25) is 0 Å². The molecule has 3 aromatic rings. The van der Waals surface area contributed by atoms with E-state index in [0.29, 0.717) is 6.61 Å². The van der Waals surface area contributed by atoms with Gasteiger partial charge in [0.05, 0.1) is 17.5 Å². The molecule has 1 amide bonds. The molecule has 0 radical (unpaired) electrons. The molecule has 1 aliphatic rings. The number of thiophene rings is 1. The zero-order chi connectivity index (χ0) is 15.8. The summed E-state index contributed by atoms with van der Waals surface area (Å²) in [5.41, 5.74) is 2.12. The zero-order valence-electron chi connectivity index (χ0n) is 12.8. The summed E-state index contributed by atoms with van der Waals surface area (Å²) in [5.74, 6) is 0.877. The first kappa shape index (κ1) is 14.3. The van der Waals surface area contributed by atoms with E-state index in [0.717, 1.165) is 38.3 Å². The van der Waals surface area contributed by atoms with Gasteiger partial charge in [-0.2, -0.15) is 0 Å². The monoisotopic (exact) mass is 323 g/mol. The van der Waals surface area contributed by atoms with Gasteiger partial charge in [-0.25, -0.2) is 0 Å². The first-order valence-electron chi connectivity index (χ1n) is 7.75. The molecule has 0 spiro atoms. The van der Waals surface area contributed by atoms with E-state index in [9.17, 15) is 4.79 Å². The van der Waals surface area contributed by atoms with Crippen LogP contribution in [-0.2, 0) is 0 Å². The number of ether oxygens (including phenoxy) is 1. The van der Waals surface area contributed by atoms with Crippen LogP contribution in [0.15, 0.2) is 48.5 Å². The number of aryl methyl sites for hydroxylation is 1. The highest BCUT2D eigenvalue weighted by Gasteiger charge is 2.24. The summed E-state index contributed by atoms with van der Waals surface area (Å²) in [6, 6.07) is 16.1. The summed E-state index contributed by atoms with van der Waals surface area (Å²) in [6.07, 6.45) is 0.798. The highest BCUT2D eigenvalue weighted by Crippen LogP contribution is 2.34. The largest absolute Gasteiger partial charge is 0.493 e. The summed E-state index contributed by atoms with van der Waals surface area (Å²) >= 11 is 1.56. The van der Waals surface area contributed by atoms with Crippen LogP contribution in [0, 0.1) is 6.92 Å². The van der Waals surface area contributed by atoms with Crippen LogP contribution >= 0.6 is 11.3 Å². The van der Waals surface area contributed by atoms with Gasteiger partial charge in [-0.1, -0.05) is 36.4 Å². The maximum absolute atomic E-state index is 12.8. The molecule has 0 fully saturated rings. The van der Waals surface area contributed by atoms with Crippen LogP contribution in [0.5, 0.6) is 5.75 Å². The third-order valence-corrected chi connectivity index (χ3v) is 5.59. The Balaban J connectivity index is 1.64. The number of fused-ring (bicyclic) bond motifs is 2. The van der Waals surface area contributed by atoms with Crippen molar-refractivity contribution in [2.75, 3.05) is 6.61 Å². The number of rotatable bonds is 2. The fraction of sp³-hybridized carbons (Fsp3) is 0.211. The first-order valence-corrected chi connectivity index (χ1v) is 8.56. The van der Waals surface area contributed by atoms with Crippen LogP contribution in [0.2, 0.25) is 0 Å². The Morgan fingerprint density at radius 2 is 1.96 bits per heavy atom. The van der Waals surface area contributed by atoms with Crippen molar-refractivity contribution >= 4 is 27.3 Å². The van der Waals surface area contributed by atoms with Crippen LogP contribution in [0.3, 0.4) is 0 Å². The molecule has 0 unspecified atom stereocenters. The fourth-order valence-corrected chi connectivity index (χ4v) is 4.22. The van der Waals surface area contributed by atoms with Gasteiger partial charge in [0.15, 0.2) is 0 Å². The number of benzene rings is 2. The van der Waals surface area contributed by atoms with Gasteiger partial charge in [-0.15, -0.1) is 11.3 Å². The van der Waals surface area contributed by atoms with Crippen LogP contribution in [0.25, 0.3) is 10.1 Å². The van der Waals surface area contributed by atoms with Gasteiger partial charge in [0.1, 0.15) is 5.75 Å². The number of nitrogens with one attached hydrogen (secondary N) is 1. The molecule has 3 nitrogen and oxygen atoms in total. The molecule has 2 aromatic carbocycles. The standard InChI is InChI=1S/C19H17NO2S/c1-12-13-6-3-5-9-17(13)23-18(12)19(21)20-15-10-11-22-16-8-4-2-7-14(15)16/h2-9,15H,10-11H2,1H3,(H,20,21)/t15-/m1/s1. The molecule has 4 heteroatoms. The topological polar surface area (TPSA) is 38.3 Å². The fourth-order valence-electron chi connectivity index (χ4n) is 3.11. The second-order valence-corrected chi connectivity index (χ2v) is 6.81. The molecular weight excluding hydrogens is 306 g/mol. The zero-order valence-corrected chi connectivity index (χ0v) is 13.7. The van der Waals surface area contributed by atoms with Crippen LogP contribution in [0.1, 0.15) is 33.3 Å². The Hall–Kier alpha value is -2.33.